The molecule has 0 aliphatic carbocycles. The Hall–Kier alpha value is -1.77. The lowest BCUT2D eigenvalue weighted by atomic mass is 10.1. The topological polar surface area (TPSA) is 81.2 Å². The summed E-state index contributed by atoms with van der Waals surface area (Å²) in [5.74, 6) is -0.662. The lowest BCUT2D eigenvalue weighted by Gasteiger charge is -2.10. The molecular weight excluding hydrogens is 373 g/mol. The van der Waals surface area contributed by atoms with Gasteiger partial charge in [0.1, 0.15) is 9.44 Å². The van der Waals surface area contributed by atoms with E-state index in [0.717, 1.165) is 0 Å². The second kappa shape index (κ2) is 6.60. The molecule has 0 aliphatic heterocycles. The summed E-state index contributed by atoms with van der Waals surface area (Å²) >= 11 is 1.92. The summed E-state index contributed by atoms with van der Waals surface area (Å²) in [6.45, 7) is 0.197. The van der Waals surface area contributed by atoms with Crippen LogP contribution >= 0.6 is 22.6 Å². The molecule has 0 spiro atoms. The first-order chi connectivity index (χ1) is 9.63. The molecule has 7 heteroatoms. The Labute approximate surface area is 129 Å². The highest BCUT2D eigenvalue weighted by Crippen LogP contribution is 2.13. The van der Waals surface area contributed by atoms with Gasteiger partial charge < -0.3 is 10.1 Å². The number of alkyl halides is 1. The van der Waals surface area contributed by atoms with Gasteiger partial charge in [0, 0.05) is 18.9 Å². The zero-order chi connectivity index (χ0) is 14.5. The van der Waals surface area contributed by atoms with Gasteiger partial charge >= 0.3 is 5.97 Å². The van der Waals surface area contributed by atoms with E-state index < -0.39 is 3.92 Å². The molecule has 0 fully saturated rings. The molecule has 2 aromatic rings. The predicted molar refractivity (Wildman–Crippen MR) is 81.7 cm³/mol. The SMILES string of the molecule is COC(=O)C(I)CNC(=O)c1cccc2nccnc12. The van der Waals surface area contributed by atoms with Crippen LogP contribution < -0.4 is 5.32 Å². The number of fused-ring (bicyclic) bond motifs is 1. The number of hydrogen-bond donors (Lipinski definition) is 1. The van der Waals surface area contributed by atoms with Gasteiger partial charge in [-0.15, -0.1) is 0 Å². The Morgan fingerprint density at radius 1 is 1.35 bits per heavy atom. The third-order valence-corrected chi connectivity index (χ3v) is 3.59. The van der Waals surface area contributed by atoms with Crippen molar-refractivity contribution in [3.8, 4) is 0 Å². The monoisotopic (exact) mass is 385 g/mol. The van der Waals surface area contributed by atoms with Crippen molar-refractivity contribution in [2.75, 3.05) is 13.7 Å². The summed E-state index contributed by atoms with van der Waals surface area (Å²) in [7, 11) is 1.32. The number of amides is 1. The number of halogens is 1. The average molecular weight is 385 g/mol. The molecule has 0 radical (unpaired) electrons. The van der Waals surface area contributed by atoms with Crippen molar-refractivity contribution >= 4 is 45.5 Å². The zero-order valence-electron chi connectivity index (χ0n) is 10.7. The van der Waals surface area contributed by atoms with Gasteiger partial charge in [0.05, 0.1) is 18.2 Å². The maximum absolute atomic E-state index is 12.1. The maximum Gasteiger partial charge on any atom is 0.320 e. The minimum Gasteiger partial charge on any atom is -0.468 e. The van der Waals surface area contributed by atoms with Gasteiger partial charge in [0.25, 0.3) is 5.91 Å². The van der Waals surface area contributed by atoms with E-state index >= 15 is 0 Å². The fourth-order valence-corrected chi connectivity index (χ4v) is 2.14. The van der Waals surface area contributed by atoms with Gasteiger partial charge in [0.15, 0.2) is 0 Å². The van der Waals surface area contributed by atoms with Gasteiger partial charge in [-0.25, -0.2) is 0 Å². The lowest BCUT2D eigenvalue weighted by molar-refractivity contribution is -0.139. The number of aromatic nitrogens is 2. The smallest absolute Gasteiger partial charge is 0.320 e. The van der Waals surface area contributed by atoms with Crippen molar-refractivity contribution in [2.45, 2.75) is 3.92 Å². The lowest BCUT2D eigenvalue weighted by Crippen LogP contribution is -2.34. The zero-order valence-corrected chi connectivity index (χ0v) is 12.8. The van der Waals surface area contributed by atoms with Crippen LogP contribution in [0.15, 0.2) is 30.6 Å². The van der Waals surface area contributed by atoms with Crippen molar-refractivity contribution in [2.24, 2.45) is 0 Å². The first kappa shape index (κ1) is 14.6. The molecule has 1 N–H and O–H groups in total. The number of esters is 1. The summed E-state index contributed by atoms with van der Waals surface area (Å²) in [5.41, 5.74) is 1.62. The molecule has 1 aromatic heterocycles. The number of nitrogens with zero attached hydrogens (tertiary/aromatic N) is 2. The van der Waals surface area contributed by atoms with Crippen LogP contribution in [0.3, 0.4) is 0 Å². The van der Waals surface area contributed by atoms with Crippen LogP contribution in [0.2, 0.25) is 0 Å². The number of nitrogens with one attached hydrogen (secondary N) is 1. The summed E-state index contributed by atoms with van der Waals surface area (Å²) in [6.07, 6.45) is 3.11. The van der Waals surface area contributed by atoms with E-state index in [9.17, 15) is 9.59 Å². The molecule has 0 bridgehead atoms. The van der Waals surface area contributed by atoms with Crippen molar-refractivity contribution < 1.29 is 14.3 Å². The van der Waals surface area contributed by atoms with E-state index in [2.05, 4.69) is 20.0 Å². The highest BCUT2D eigenvalue weighted by molar-refractivity contribution is 14.1. The largest absolute Gasteiger partial charge is 0.468 e. The summed E-state index contributed by atoms with van der Waals surface area (Å²) < 4.78 is 4.17. The third kappa shape index (κ3) is 3.21. The molecule has 0 saturated heterocycles. The Morgan fingerprint density at radius 3 is 2.85 bits per heavy atom. The summed E-state index contributed by atoms with van der Waals surface area (Å²) in [6, 6.07) is 5.20. The van der Waals surface area contributed by atoms with E-state index in [1.807, 2.05) is 22.6 Å². The second-order valence-corrected chi connectivity index (χ2v) is 5.43. The third-order valence-electron chi connectivity index (χ3n) is 2.64. The number of carbonyl (C=O) groups is 2. The fourth-order valence-electron chi connectivity index (χ4n) is 1.66. The van der Waals surface area contributed by atoms with Crippen LogP contribution in [-0.2, 0) is 9.53 Å². The molecule has 104 valence electrons. The first-order valence-corrected chi connectivity index (χ1v) is 7.08. The number of rotatable bonds is 4. The minimum atomic E-state index is -0.428. The predicted octanol–water partition coefficient (Wildman–Crippen LogP) is 1.34. The van der Waals surface area contributed by atoms with Crippen molar-refractivity contribution in [1.29, 1.82) is 0 Å². The van der Waals surface area contributed by atoms with Crippen LogP contribution in [0.5, 0.6) is 0 Å². The number of para-hydroxylation sites is 1. The minimum absolute atomic E-state index is 0.197. The van der Waals surface area contributed by atoms with Crippen LogP contribution in [0, 0.1) is 0 Å². The summed E-state index contributed by atoms with van der Waals surface area (Å²) in [5, 5.41) is 2.69. The van der Waals surface area contributed by atoms with Crippen LogP contribution in [0.1, 0.15) is 10.4 Å². The van der Waals surface area contributed by atoms with Gasteiger partial charge in [-0.2, -0.15) is 0 Å². The average Bonchev–Trinajstić information content (AvgIpc) is 2.50. The molecule has 6 nitrogen and oxygen atoms in total. The van der Waals surface area contributed by atoms with E-state index in [1.54, 1.807) is 24.4 Å². The van der Waals surface area contributed by atoms with E-state index in [-0.39, 0.29) is 18.4 Å². The van der Waals surface area contributed by atoms with E-state index in [4.69, 9.17) is 0 Å². The van der Waals surface area contributed by atoms with E-state index in [1.165, 1.54) is 13.3 Å². The van der Waals surface area contributed by atoms with Crippen LogP contribution in [0.4, 0.5) is 0 Å². The molecule has 1 unspecified atom stereocenters. The molecule has 0 aliphatic rings. The molecule has 1 amide bonds. The Morgan fingerprint density at radius 2 is 2.10 bits per heavy atom. The maximum atomic E-state index is 12.1. The Kier molecular flexibility index (Phi) is 4.83. The standard InChI is InChI=1S/C13H12IN3O3/c1-20-13(19)9(14)7-17-12(18)8-3-2-4-10-11(8)16-6-5-15-10/h2-6,9H,7H2,1H3,(H,17,18). The van der Waals surface area contributed by atoms with Crippen molar-refractivity contribution in [3.63, 3.8) is 0 Å². The van der Waals surface area contributed by atoms with Gasteiger partial charge in [0.2, 0.25) is 0 Å². The highest BCUT2D eigenvalue weighted by Gasteiger charge is 2.17. The van der Waals surface area contributed by atoms with E-state index in [0.29, 0.717) is 16.6 Å². The molecular formula is C13H12IN3O3. The number of benzene rings is 1. The molecule has 2 rings (SSSR count). The van der Waals surface area contributed by atoms with Gasteiger partial charge in [-0.3, -0.25) is 19.6 Å². The molecule has 1 atom stereocenters. The molecule has 1 heterocycles. The highest BCUT2D eigenvalue weighted by atomic mass is 127. The quantitative estimate of drug-likeness (QED) is 0.488. The number of ether oxygens (including phenoxy) is 1. The fraction of sp³-hybridized carbons (Fsp3) is 0.231. The Bertz CT molecular complexity index is 642. The number of carbonyl (C=O) groups excluding carboxylic acids is 2. The van der Waals surface area contributed by atoms with Gasteiger partial charge in [-0.05, 0) is 12.1 Å². The normalized spacial score (nSPS) is 11.9. The Balaban J connectivity index is 2.14. The second-order valence-electron chi connectivity index (χ2n) is 3.93. The van der Waals surface area contributed by atoms with Crippen LogP contribution in [0.25, 0.3) is 11.0 Å². The van der Waals surface area contributed by atoms with Crippen molar-refractivity contribution in [3.05, 3.63) is 36.2 Å². The van der Waals surface area contributed by atoms with Crippen LogP contribution in [-0.4, -0.2) is 39.4 Å². The van der Waals surface area contributed by atoms with Crippen molar-refractivity contribution in [1.82, 2.24) is 15.3 Å². The number of hydrogen-bond acceptors (Lipinski definition) is 5. The molecule has 20 heavy (non-hydrogen) atoms. The summed E-state index contributed by atoms with van der Waals surface area (Å²) in [4.78, 5) is 31.7. The van der Waals surface area contributed by atoms with Gasteiger partial charge in [-0.1, -0.05) is 28.7 Å². The first-order valence-electron chi connectivity index (χ1n) is 5.83. The molecule has 1 aromatic carbocycles. The molecule has 0 saturated carbocycles. The number of methoxy groups -OCH3 is 1.